The maximum absolute atomic E-state index is 13.0. The van der Waals surface area contributed by atoms with Crippen LogP contribution >= 0.6 is 0 Å². The summed E-state index contributed by atoms with van der Waals surface area (Å²) in [4.78, 5) is 14.9. The number of aromatic amines is 1. The third kappa shape index (κ3) is 3.15. The Hall–Kier alpha value is -2.18. The molecule has 0 saturated carbocycles. The van der Waals surface area contributed by atoms with E-state index < -0.39 is 0 Å². The fourth-order valence-electron chi connectivity index (χ4n) is 4.21. The minimum atomic E-state index is -0.220. The van der Waals surface area contributed by atoms with Crippen molar-refractivity contribution in [2.75, 3.05) is 26.8 Å². The smallest absolute Gasteiger partial charge is 0.253 e. The molecule has 0 aliphatic carbocycles. The summed E-state index contributed by atoms with van der Waals surface area (Å²) in [6.45, 7) is 2.20. The molecule has 6 heteroatoms. The standard InChI is InChI=1S/C20H25N3O3/c1-25-18-6-3-11-26-20(18)7-9-23(10-8-20)19(24)16-5-2-4-15(12-16)17-13-21-22-14-17/h2,4-5,12-14,18H,3,6-11H2,1H3,(H,21,22)/t18-/m1/s1. The lowest BCUT2D eigenvalue weighted by Gasteiger charge is -2.48. The summed E-state index contributed by atoms with van der Waals surface area (Å²) in [5.74, 6) is 0.0787. The highest BCUT2D eigenvalue weighted by atomic mass is 16.5. The van der Waals surface area contributed by atoms with E-state index in [0.717, 1.165) is 43.4 Å². The highest BCUT2D eigenvalue weighted by Gasteiger charge is 2.45. The average Bonchev–Trinajstić information content (AvgIpc) is 3.23. The second-order valence-corrected chi connectivity index (χ2v) is 7.14. The first kappa shape index (κ1) is 17.2. The molecule has 1 aromatic carbocycles. The molecular formula is C20H25N3O3. The number of H-pyrrole nitrogens is 1. The number of hydrogen-bond acceptors (Lipinski definition) is 4. The number of benzene rings is 1. The van der Waals surface area contributed by atoms with Crippen molar-refractivity contribution >= 4 is 5.91 Å². The van der Waals surface area contributed by atoms with Crippen molar-refractivity contribution in [2.24, 2.45) is 0 Å². The first-order valence-corrected chi connectivity index (χ1v) is 9.27. The molecule has 1 N–H and O–H groups in total. The molecule has 1 spiro atoms. The second-order valence-electron chi connectivity index (χ2n) is 7.14. The van der Waals surface area contributed by atoms with E-state index in [0.29, 0.717) is 18.7 Å². The van der Waals surface area contributed by atoms with E-state index in [1.54, 1.807) is 13.3 Å². The lowest BCUT2D eigenvalue weighted by atomic mass is 9.81. The molecule has 1 amide bonds. The van der Waals surface area contributed by atoms with Crippen LogP contribution in [-0.2, 0) is 9.47 Å². The van der Waals surface area contributed by atoms with Gasteiger partial charge in [-0.1, -0.05) is 12.1 Å². The molecule has 1 atom stereocenters. The van der Waals surface area contributed by atoms with Crippen LogP contribution in [0.1, 0.15) is 36.0 Å². The highest BCUT2D eigenvalue weighted by Crippen LogP contribution is 2.37. The molecule has 0 bridgehead atoms. The molecular weight excluding hydrogens is 330 g/mol. The number of hydrogen-bond donors (Lipinski definition) is 1. The zero-order valence-electron chi connectivity index (χ0n) is 15.1. The number of likely N-dealkylation sites (tertiary alicyclic amines) is 1. The molecule has 2 saturated heterocycles. The molecule has 2 aliphatic heterocycles. The largest absolute Gasteiger partial charge is 0.378 e. The van der Waals surface area contributed by atoms with Crippen molar-refractivity contribution in [3.63, 3.8) is 0 Å². The van der Waals surface area contributed by atoms with Crippen LogP contribution in [0.15, 0.2) is 36.7 Å². The molecule has 1 aromatic heterocycles. The maximum Gasteiger partial charge on any atom is 0.253 e. The Bertz CT molecular complexity index is 751. The average molecular weight is 355 g/mol. The van der Waals surface area contributed by atoms with E-state index in [1.807, 2.05) is 35.4 Å². The predicted octanol–water partition coefficient (Wildman–Crippen LogP) is 2.88. The highest BCUT2D eigenvalue weighted by molar-refractivity contribution is 5.95. The molecule has 26 heavy (non-hydrogen) atoms. The summed E-state index contributed by atoms with van der Waals surface area (Å²) >= 11 is 0. The lowest BCUT2D eigenvalue weighted by Crippen LogP contribution is -2.56. The van der Waals surface area contributed by atoms with Crippen LogP contribution in [0.3, 0.4) is 0 Å². The van der Waals surface area contributed by atoms with Crippen LogP contribution in [0.5, 0.6) is 0 Å². The quantitative estimate of drug-likeness (QED) is 0.919. The molecule has 3 heterocycles. The molecule has 2 aromatic rings. The fraction of sp³-hybridized carbons (Fsp3) is 0.500. The number of nitrogens with zero attached hydrogens (tertiary/aromatic N) is 2. The van der Waals surface area contributed by atoms with Gasteiger partial charge >= 0.3 is 0 Å². The van der Waals surface area contributed by atoms with E-state index in [9.17, 15) is 4.79 Å². The van der Waals surface area contributed by atoms with Crippen molar-refractivity contribution in [2.45, 2.75) is 37.4 Å². The zero-order chi connectivity index (χ0) is 18.0. The molecule has 0 radical (unpaired) electrons. The maximum atomic E-state index is 13.0. The van der Waals surface area contributed by atoms with Gasteiger partial charge in [0, 0.05) is 44.1 Å². The first-order valence-electron chi connectivity index (χ1n) is 9.27. The van der Waals surface area contributed by atoms with Gasteiger partial charge in [-0.15, -0.1) is 0 Å². The molecule has 0 unspecified atom stereocenters. The van der Waals surface area contributed by atoms with Crippen molar-refractivity contribution in [1.29, 1.82) is 0 Å². The van der Waals surface area contributed by atoms with Gasteiger partial charge in [0.05, 0.1) is 17.9 Å². The third-order valence-corrected chi connectivity index (χ3v) is 5.71. The number of ether oxygens (including phenoxy) is 2. The number of carbonyl (C=O) groups is 1. The lowest BCUT2D eigenvalue weighted by molar-refractivity contribution is -0.183. The monoisotopic (exact) mass is 355 g/mol. The number of methoxy groups -OCH3 is 1. The Kier molecular flexibility index (Phi) is 4.78. The van der Waals surface area contributed by atoms with Crippen molar-refractivity contribution < 1.29 is 14.3 Å². The molecule has 2 fully saturated rings. The minimum Gasteiger partial charge on any atom is -0.378 e. The Labute approximate surface area is 153 Å². The summed E-state index contributed by atoms with van der Waals surface area (Å²) in [5.41, 5.74) is 2.47. The summed E-state index contributed by atoms with van der Waals surface area (Å²) in [7, 11) is 1.76. The summed E-state index contributed by atoms with van der Waals surface area (Å²) in [6.07, 6.45) is 7.48. The Morgan fingerprint density at radius 3 is 2.92 bits per heavy atom. The van der Waals surface area contributed by atoms with Crippen LogP contribution in [0, 0.1) is 0 Å². The van der Waals surface area contributed by atoms with Crippen molar-refractivity contribution in [3.8, 4) is 11.1 Å². The third-order valence-electron chi connectivity index (χ3n) is 5.71. The summed E-state index contributed by atoms with van der Waals surface area (Å²) < 4.78 is 11.8. The predicted molar refractivity (Wildman–Crippen MR) is 97.9 cm³/mol. The van der Waals surface area contributed by atoms with E-state index in [4.69, 9.17) is 9.47 Å². The normalized spacial score (nSPS) is 22.5. The van der Waals surface area contributed by atoms with Crippen LogP contribution in [0.4, 0.5) is 0 Å². The van der Waals surface area contributed by atoms with E-state index in [2.05, 4.69) is 10.2 Å². The SMILES string of the molecule is CO[C@@H]1CCCOC12CCN(C(=O)c1cccc(-c3cn[nH]c3)c1)CC2. The van der Waals surface area contributed by atoms with Crippen molar-refractivity contribution in [3.05, 3.63) is 42.2 Å². The van der Waals surface area contributed by atoms with Crippen LogP contribution in [-0.4, -0.2) is 59.5 Å². The van der Waals surface area contributed by atoms with Gasteiger partial charge in [-0.3, -0.25) is 9.89 Å². The molecule has 4 rings (SSSR count). The van der Waals surface area contributed by atoms with Gasteiger partial charge in [0.1, 0.15) is 0 Å². The number of carbonyl (C=O) groups excluding carboxylic acids is 1. The first-order chi connectivity index (χ1) is 12.7. The fourth-order valence-corrected chi connectivity index (χ4v) is 4.21. The Morgan fingerprint density at radius 1 is 1.35 bits per heavy atom. The Morgan fingerprint density at radius 2 is 2.19 bits per heavy atom. The van der Waals surface area contributed by atoms with Gasteiger partial charge in [-0.25, -0.2) is 0 Å². The van der Waals surface area contributed by atoms with Gasteiger partial charge in [-0.2, -0.15) is 5.10 Å². The number of amides is 1. The zero-order valence-corrected chi connectivity index (χ0v) is 15.1. The molecule has 2 aliphatic rings. The Balaban J connectivity index is 1.46. The second kappa shape index (κ2) is 7.21. The van der Waals surface area contributed by atoms with Gasteiger partial charge in [0.2, 0.25) is 0 Å². The summed E-state index contributed by atoms with van der Waals surface area (Å²) in [6, 6.07) is 7.73. The van der Waals surface area contributed by atoms with Gasteiger partial charge < -0.3 is 14.4 Å². The molecule has 138 valence electrons. The van der Waals surface area contributed by atoms with Crippen molar-refractivity contribution in [1.82, 2.24) is 15.1 Å². The van der Waals surface area contributed by atoms with Crippen LogP contribution in [0.25, 0.3) is 11.1 Å². The number of piperidine rings is 1. The van der Waals surface area contributed by atoms with E-state index in [1.165, 1.54) is 0 Å². The number of nitrogens with one attached hydrogen (secondary N) is 1. The van der Waals surface area contributed by atoms with E-state index >= 15 is 0 Å². The van der Waals surface area contributed by atoms with Crippen LogP contribution < -0.4 is 0 Å². The summed E-state index contributed by atoms with van der Waals surface area (Å²) in [5, 5.41) is 6.79. The minimum absolute atomic E-state index is 0.0787. The number of aromatic nitrogens is 2. The van der Waals surface area contributed by atoms with Gasteiger partial charge in [-0.05, 0) is 43.4 Å². The van der Waals surface area contributed by atoms with Gasteiger partial charge in [0.25, 0.3) is 5.91 Å². The molecule has 6 nitrogen and oxygen atoms in total. The number of rotatable bonds is 3. The van der Waals surface area contributed by atoms with Gasteiger partial charge in [0.15, 0.2) is 0 Å². The topological polar surface area (TPSA) is 67.5 Å². The van der Waals surface area contributed by atoms with Crippen LogP contribution in [0.2, 0.25) is 0 Å². The van der Waals surface area contributed by atoms with E-state index in [-0.39, 0.29) is 17.6 Å².